The molecule has 1 aromatic carbocycles. The van der Waals surface area contributed by atoms with Crippen LogP contribution in [0.3, 0.4) is 0 Å². The summed E-state index contributed by atoms with van der Waals surface area (Å²) in [6, 6.07) is 9.38. The normalized spacial score (nSPS) is 18.4. The molecule has 8 nitrogen and oxygen atoms in total. The van der Waals surface area contributed by atoms with Crippen LogP contribution < -0.4 is 5.32 Å². The largest absolute Gasteiger partial charge is 0.450 e. The molecule has 0 unspecified atom stereocenters. The van der Waals surface area contributed by atoms with Crippen molar-refractivity contribution < 1.29 is 19.1 Å². The first-order valence-corrected chi connectivity index (χ1v) is 10.3. The number of hydrogen-bond donors (Lipinski definition) is 1. The maximum absolute atomic E-state index is 12.5. The molecule has 29 heavy (non-hydrogen) atoms. The van der Waals surface area contributed by atoms with Crippen LogP contribution in [0.1, 0.15) is 30.1 Å². The van der Waals surface area contributed by atoms with Crippen molar-refractivity contribution in [3.05, 3.63) is 35.9 Å². The van der Waals surface area contributed by atoms with E-state index in [9.17, 15) is 14.4 Å². The van der Waals surface area contributed by atoms with Crippen molar-refractivity contribution in [2.75, 3.05) is 52.4 Å². The molecule has 1 aromatic rings. The van der Waals surface area contributed by atoms with Crippen molar-refractivity contribution in [2.45, 2.75) is 25.8 Å². The SMILES string of the molecule is CCOC(=O)N1CCC(NC(=O)CN2CCN(C(=O)c3ccccc3)CC2)CC1. The fraction of sp³-hybridized carbons (Fsp3) is 0.571. The number of hydrogen-bond acceptors (Lipinski definition) is 5. The number of piperidine rings is 1. The molecular formula is C21H30N4O4. The molecule has 0 saturated carbocycles. The molecule has 2 aliphatic rings. The lowest BCUT2D eigenvalue weighted by Crippen LogP contribution is -2.53. The summed E-state index contributed by atoms with van der Waals surface area (Å²) in [4.78, 5) is 42.2. The number of likely N-dealkylation sites (tertiary alicyclic amines) is 1. The van der Waals surface area contributed by atoms with E-state index in [1.54, 1.807) is 11.8 Å². The summed E-state index contributed by atoms with van der Waals surface area (Å²) in [7, 11) is 0. The van der Waals surface area contributed by atoms with Crippen LogP contribution in [0, 0.1) is 0 Å². The minimum Gasteiger partial charge on any atom is -0.450 e. The van der Waals surface area contributed by atoms with E-state index in [-0.39, 0.29) is 23.9 Å². The second-order valence-corrected chi connectivity index (χ2v) is 7.46. The smallest absolute Gasteiger partial charge is 0.409 e. The fourth-order valence-electron chi connectivity index (χ4n) is 3.77. The second kappa shape index (κ2) is 10.2. The summed E-state index contributed by atoms with van der Waals surface area (Å²) in [5.74, 6) is 0.0467. The van der Waals surface area contributed by atoms with E-state index in [4.69, 9.17) is 4.74 Å². The third-order valence-electron chi connectivity index (χ3n) is 5.43. The molecule has 0 radical (unpaired) electrons. The first-order valence-electron chi connectivity index (χ1n) is 10.3. The zero-order chi connectivity index (χ0) is 20.6. The number of carbonyl (C=O) groups excluding carboxylic acids is 3. The van der Waals surface area contributed by atoms with Crippen molar-refractivity contribution in [1.82, 2.24) is 20.0 Å². The standard InChI is InChI=1S/C21H30N4O4/c1-2-29-21(28)25-10-8-18(9-11-25)22-19(26)16-23-12-14-24(15-13-23)20(27)17-6-4-3-5-7-17/h3-7,18H,2,8-16H2,1H3,(H,22,26). The van der Waals surface area contributed by atoms with Gasteiger partial charge in [-0.05, 0) is 31.9 Å². The Morgan fingerprint density at radius 3 is 2.24 bits per heavy atom. The van der Waals surface area contributed by atoms with Crippen LogP contribution in [0.25, 0.3) is 0 Å². The Labute approximate surface area is 171 Å². The molecule has 3 amide bonds. The van der Waals surface area contributed by atoms with E-state index in [0.29, 0.717) is 58.0 Å². The predicted octanol–water partition coefficient (Wildman–Crippen LogP) is 1.18. The average Bonchev–Trinajstić information content (AvgIpc) is 2.75. The summed E-state index contributed by atoms with van der Waals surface area (Å²) in [5.41, 5.74) is 0.702. The van der Waals surface area contributed by atoms with Gasteiger partial charge < -0.3 is 19.9 Å². The van der Waals surface area contributed by atoms with Crippen LogP contribution in [0.2, 0.25) is 0 Å². The van der Waals surface area contributed by atoms with Crippen LogP contribution in [0.4, 0.5) is 4.79 Å². The van der Waals surface area contributed by atoms with Gasteiger partial charge in [0.2, 0.25) is 5.91 Å². The van der Waals surface area contributed by atoms with Crippen molar-refractivity contribution >= 4 is 17.9 Å². The van der Waals surface area contributed by atoms with E-state index < -0.39 is 0 Å². The molecule has 2 fully saturated rings. The van der Waals surface area contributed by atoms with E-state index in [2.05, 4.69) is 10.2 Å². The Bertz CT molecular complexity index is 696. The maximum atomic E-state index is 12.5. The zero-order valence-electron chi connectivity index (χ0n) is 17.0. The Morgan fingerprint density at radius 1 is 0.966 bits per heavy atom. The molecule has 158 valence electrons. The first kappa shape index (κ1) is 21.1. The summed E-state index contributed by atoms with van der Waals surface area (Å²) < 4.78 is 5.02. The molecule has 0 aromatic heterocycles. The fourth-order valence-corrected chi connectivity index (χ4v) is 3.77. The highest BCUT2D eigenvalue weighted by Crippen LogP contribution is 2.12. The van der Waals surface area contributed by atoms with Gasteiger partial charge in [0, 0.05) is 50.9 Å². The number of benzene rings is 1. The molecule has 0 spiro atoms. The molecule has 2 heterocycles. The van der Waals surface area contributed by atoms with Crippen LogP contribution in [-0.2, 0) is 9.53 Å². The Morgan fingerprint density at radius 2 is 1.62 bits per heavy atom. The van der Waals surface area contributed by atoms with Crippen molar-refractivity contribution in [1.29, 1.82) is 0 Å². The maximum Gasteiger partial charge on any atom is 0.409 e. The number of rotatable bonds is 5. The van der Waals surface area contributed by atoms with Crippen molar-refractivity contribution in [2.24, 2.45) is 0 Å². The van der Waals surface area contributed by atoms with Crippen LogP contribution >= 0.6 is 0 Å². The van der Waals surface area contributed by atoms with Crippen LogP contribution in [-0.4, -0.2) is 91.1 Å². The molecule has 1 N–H and O–H groups in total. The van der Waals surface area contributed by atoms with Gasteiger partial charge in [0.15, 0.2) is 0 Å². The zero-order valence-corrected chi connectivity index (χ0v) is 17.0. The number of carbonyl (C=O) groups is 3. The van der Waals surface area contributed by atoms with Crippen molar-refractivity contribution in [3.8, 4) is 0 Å². The third-order valence-corrected chi connectivity index (χ3v) is 5.43. The molecule has 3 rings (SSSR count). The topological polar surface area (TPSA) is 82.2 Å². The number of piperazine rings is 1. The molecular weight excluding hydrogens is 372 g/mol. The molecule has 0 bridgehead atoms. The lowest BCUT2D eigenvalue weighted by Gasteiger charge is -2.35. The molecule has 2 saturated heterocycles. The molecule has 0 aliphatic carbocycles. The molecule has 0 atom stereocenters. The van der Waals surface area contributed by atoms with Gasteiger partial charge in [-0.1, -0.05) is 18.2 Å². The molecule has 8 heteroatoms. The van der Waals surface area contributed by atoms with Crippen molar-refractivity contribution in [3.63, 3.8) is 0 Å². The number of amides is 3. The first-order chi connectivity index (χ1) is 14.1. The van der Waals surface area contributed by atoms with Gasteiger partial charge in [-0.3, -0.25) is 14.5 Å². The van der Waals surface area contributed by atoms with E-state index >= 15 is 0 Å². The highest BCUT2D eigenvalue weighted by molar-refractivity contribution is 5.94. The van der Waals surface area contributed by atoms with Gasteiger partial charge in [0.05, 0.1) is 13.2 Å². The summed E-state index contributed by atoms with van der Waals surface area (Å²) in [6.45, 7) is 6.33. The summed E-state index contributed by atoms with van der Waals surface area (Å²) in [5, 5.41) is 3.08. The van der Waals surface area contributed by atoms with Crippen LogP contribution in [0.5, 0.6) is 0 Å². The van der Waals surface area contributed by atoms with Gasteiger partial charge in [0.1, 0.15) is 0 Å². The summed E-state index contributed by atoms with van der Waals surface area (Å²) in [6.07, 6.45) is 1.20. The Kier molecular flexibility index (Phi) is 7.46. The van der Waals surface area contributed by atoms with Gasteiger partial charge >= 0.3 is 6.09 Å². The highest BCUT2D eigenvalue weighted by Gasteiger charge is 2.26. The quantitative estimate of drug-likeness (QED) is 0.800. The highest BCUT2D eigenvalue weighted by atomic mass is 16.6. The Hall–Kier alpha value is -2.61. The molecule has 2 aliphatic heterocycles. The van der Waals surface area contributed by atoms with E-state index in [1.165, 1.54) is 0 Å². The minimum absolute atomic E-state index is 0.00224. The van der Waals surface area contributed by atoms with Gasteiger partial charge in [-0.25, -0.2) is 4.79 Å². The van der Waals surface area contributed by atoms with Gasteiger partial charge in [0.25, 0.3) is 5.91 Å². The van der Waals surface area contributed by atoms with Gasteiger partial charge in [-0.15, -0.1) is 0 Å². The lowest BCUT2D eigenvalue weighted by molar-refractivity contribution is -0.123. The number of ether oxygens (including phenoxy) is 1. The second-order valence-electron chi connectivity index (χ2n) is 7.46. The minimum atomic E-state index is -0.278. The Balaban J connectivity index is 1.36. The van der Waals surface area contributed by atoms with Crippen LogP contribution in [0.15, 0.2) is 30.3 Å². The predicted molar refractivity (Wildman–Crippen MR) is 109 cm³/mol. The van der Waals surface area contributed by atoms with Gasteiger partial charge in [-0.2, -0.15) is 0 Å². The monoisotopic (exact) mass is 402 g/mol. The van der Waals surface area contributed by atoms with E-state index in [0.717, 1.165) is 12.8 Å². The number of nitrogens with one attached hydrogen (secondary N) is 1. The van der Waals surface area contributed by atoms with E-state index in [1.807, 2.05) is 35.2 Å². The third kappa shape index (κ3) is 5.93. The average molecular weight is 402 g/mol. The number of nitrogens with zero attached hydrogens (tertiary/aromatic N) is 3. The lowest BCUT2D eigenvalue weighted by atomic mass is 10.1. The summed E-state index contributed by atoms with van der Waals surface area (Å²) >= 11 is 0.